The SMILES string of the molecule is Oc1cccc2cc(COc3ccccc3F)[nH]c12. The van der Waals surface area contributed by atoms with Crippen molar-refractivity contribution < 1.29 is 14.2 Å². The molecule has 0 aliphatic heterocycles. The number of phenols is 1. The maximum absolute atomic E-state index is 13.4. The highest BCUT2D eigenvalue weighted by molar-refractivity contribution is 5.85. The average molecular weight is 257 g/mol. The average Bonchev–Trinajstić information content (AvgIpc) is 2.82. The Balaban J connectivity index is 1.83. The van der Waals surface area contributed by atoms with Crippen LogP contribution >= 0.6 is 0 Å². The van der Waals surface area contributed by atoms with E-state index >= 15 is 0 Å². The van der Waals surface area contributed by atoms with Crippen molar-refractivity contribution in [3.8, 4) is 11.5 Å². The van der Waals surface area contributed by atoms with Crippen LogP contribution in [-0.4, -0.2) is 10.1 Å². The van der Waals surface area contributed by atoms with Gasteiger partial charge in [-0.3, -0.25) is 0 Å². The number of halogens is 1. The molecule has 0 radical (unpaired) electrons. The van der Waals surface area contributed by atoms with Gasteiger partial charge >= 0.3 is 0 Å². The Kier molecular flexibility index (Phi) is 2.83. The molecule has 1 heterocycles. The van der Waals surface area contributed by atoms with Crippen molar-refractivity contribution in [2.75, 3.05) is 0 Å². The number of benzene rings is 2. The standard InChI is InChI=1S/C15H12FNO2/c16-12-5-1-2-7-14(12)19-9-11-8-10-4-3-6-13(18)15(10)17-11/h1-8,17-18H,9H2. The molecule has 0 fully saturated rings. The van der Waals surface area contributed by atoms with Crippen molar-refractivity contribution in [1.29, 1.82) is 0 Å². The Labute approximate surface area is 109 Å². The Morgan fingerprint density at radius 3 is 2.74 bits per heavy atom. The van der Waals surface area contributed by atoms with Gasteiger partial charge < -0.3 is 14.8 Å². The summed E-state index contributed by atoms with van der Waals surface area (Å²) in [4.78, 5) is 3.06. The summed E-state index contributed by atoms with van der Waals surface area (Å²) >= 11 is 0. The topological polar surface area (TPSA) is 45.2 Å². The van der Waals surface area contributed by atoms with Gasteiger partial charge in [0.1, 0.15) is 12.4 Å². The van der Waals surface area contributed by atoms with Crippen LogP contribution in [0.5, 0.6) is 11.5 Å². The van der Waals surface area contributed by atoms with E-state index in [0.29, 0.717) is 5.52 Å². The fourth-order valence-corrected chi connectivity index (χ4v) is 1.99. The minimum atomic E-state index is -0.388. The van der Waals surface area contributed by atoms with Crippen LogP contribution in [0.15, 0.2) is 48.5 Å². The molecule has 0 amide bonds. The number of para-hydroxylation sites is 2. The molecular weight excluding hydrogens is 245 g/mol. The summed E-state index contributed by atoms with van der Waals surface area (Å²) in [5.41, 5.74) is 1.44. The minimum absolute atomic E-state index is 0.189. The number of H-pyrrole nitrogens is 1. The Morgan fingerprint density at radius 1 is 1.11 bits per heavy atom. The first-order valence-corrected chi connectivity index (χ1v) is 5.91. The second-order valence-corrected chi connectivity index (χ2v) is 4.26. The van der Waals surface area contributed by atoms with Crippen LogP contribution in [0.25, 0.3) is 10.9 Å². The minimum Gasteiger partial charge on any atom is -0.506 e. The van der Waals surface area contributed by atoms with E-state index in [9.17, 15) is 9.50 Å². The molecule has 0 atom stereocenters. The van der Waals surface area contributed by atoms with E-state index in [2.05, 4.69) is 4.98 Å². The first-order valence-electron chi connectivity index (χ1n) is 5.91. The number of ether oxygens (including phenoxy) is 1. The monoisotopic (exact) mass is 257 g/mol. The van der Waals surface area contributed by atoms with Crippen LogP contribution in [0.4, 0.5) is 4.39 Å². The lowest BCUT2D eigenvalue weighted by atomic mass is 10.2. The van der Waals surface area contributed by atoms with Crippen LogP contribution in [0.3, 0.4) is 0 Å². The second-order valence-electron chi connectivity index (χ2n) is 4.26. The third kappa shape index (κ3) is 2.25. The van der Waals surface area contributed by atoms with E-state index in [-0.39, 0.29) is 23.9 Å². The molecule has 0 aliphatic carbocycles. The molecule has 0 bridgehead atoms. The lowest BCUT2D eigenvalue weighted by Crippen LogP contribution is -1.97. The number of hydrogen-bond donors (Lipinski definition) is 2. The zero-order valence-electron chi connectivity index (χ0n) is 10.1. The fraction of sp³-hybridized carbons (Fsp3) is 0.0667. The van der Waals surface area contributed by atoms with Gasteiger partial charge in [0.2, 0.25) is 0 Å². The highest BCUT2D eigenvalue weighted by Gasteiger charge is 2.06. The van der Waals surface area contributed by atoms with Crippen molar-refractivity contribution in [2.24, 2.45) is 0 Å². The Morgan fingerprint density at radius 2 is 1.95 bits per heavy atom. The molecule has 0 unspecified atom stereocenters. The van der Waals surface area contributed by atoms with Crippen LogP contribution < -0.4 is 4.74 Å². The number of aromatic nitrogens is 1. The van der Waals surface area contributed by atoms with Crippen molar-refractivity contribution in [3.63, 3.8) is 0 Å². The van der Waals surface area contributed by atoms with Crippen molar-refractivity contribution in [3.05, 3.63) is 60.0 Å². The smallest absolute Gasteiger partial charge is 0.165 e. The molecule has 0 spiro atoms. The Hall–Kier alpha value is -2.49. The number of rotatable bonds is 3. The van der Waals surface area contributed by atoms with Crippen molar-refractivity contribution >= 4 is 10.9 Å². The third-order valence-electron chi connectivity index (χ3n) is 2.91. The lowest BCUT2D eigenvalue weighted by Gasteiger charge is -2.05. The maximum atomic E-state index is 13.4. The number of aromatic amines is 1. The highest BCUT2D eigenvalue weighted by Crippen LogP contribution is 2.25. The van der Waals surface area contributed by atoms with Crippen LogP contribution in [0.1, 0.15) is 5.69 Å². The number of hydrogen-bond acceptors (Lipinski definition) is 2. The maximum Gasteiger partial charge on any atom is 0.165 e. The van der Waals surface area contributed by atoms with Gasteiger partial charge in [0, 0.05) is 5.39 Å². The van der Waals surface area contributed by atoms with E-state index < -0.39 is 0 Å². The van der Waals surface area contributed by atoms with E-state index in [1.165, 1.54) is 6.07 Å². The molecule has 1 aromatic heterocycles. The normalized spacial score (nSPS) is 10.8. The summed E-state index contributed by atoms with van der Waals surface area (Å²) in [6.45, 7) is 0.217. The van der Waals surface area contributed by atoms with Crippen LogP contribution in [0.2, 0.25) is 0 Å². The van der Waals surface area contributed by atoms with Gasteiger partial charge in [0.15, 0.2) is 11.6 Å². The third-order valence-corrected chi connectivity index (χ3v) is 2.91. The number of phenolic OH excluding ortho intramolecular Hbond substituents is 1. The quantitative estimate of drug-likeness (QED) is 0.753. The van der Waals surface area contributed by atoms with E-state index in [1.807, 2.05) is 12.1 Å². The molecule has 19 heavy (non-hydrogen) atoms. The van der Waals surface area contributed by atoms with Gasteiger partial charge in [0.25, 0.3) is 0 Å². The lowest BCUT2D eigenvalue weighted by molar-refractivity contribution is 0.287. The summed E-state index contributed by atoms with van der Waals surface area (Å²) in [7, 11) is 0. The zero-order valence-corrected chi connectivity index (χ0v) is 10.1. The summed E-state index contributed by atoms with van der Waals surface area (Å²) < 4.78 is 18.8. The predicted molar refractivity (Wildman–Crippen MR) is 70.7 cm³/mol. The van der Waals surface area contributed by atoms with Crippen molar-refractivity contribution in [2.45, 2.75) is 6.61 Å². The summed E-state index contributed by atoms with van der Waals surface area (Å²) in [6, 6.07) is 13.4. The number of fused-ring (bicyclic) bond motifs is 1. The summed E-state index contributed by atoms with van der Waals surface area (Å²) in [6.07, 6.45) is 0. The molecule has 2 N–H and O–H groups in total. The molecule has 0 aliphatic rings. The zero-order chi connectivity index (χ0) is 13.2. The fourth-order valence-electron chi connectivity index (χ4n) is 1.99. The van der Waals surface area contributed by atoms with Crippen LogP contribution in [0, 0.1) is 5.82 Å². The predicted octanol–water partition coefficient (Wildman–Crippen LogP) is 3.59. The largest absolute Gasteiger partial charge is 0.506 e. The van der Waals surface area contributed by atoms with Gasteiger partial charge in [-0.05, 0) is 24.3 Å². The van der Waals surface area contributed by atoms with E-state index in [4.69, 9.17) is 4.74 Å². The van der Waals surface area contributed by atoms with Gasteiger partial charge in [0.05, 0.1) is 11.2 Å². The van der Waals surface area contributed by atoms with Gasteiger partial charge in [-0.15, -0.1) is 0 Å². The number of nitrogens with one attached hydrogen (secondary N) is 1. The molecule has 0 saturated carbocycles. The van der Waals surface area contributed by atoms with Gasteiger partial charge in [-0.25, -0.2) is 4.39 Å². The second kappa shape index (κ2) is 4.65. The molecule has 0 saturated heterocycles. The van der Waals surface area contributed by atoms with Gasteiger partial charge in [-0.1, -0.05) is 24.3 Å². The summed E-state index contributed by atoms with van der Waals surface area (Å²) in [5.74, 6) is 0.0153. The summed E-state index contributed by atoms with van der Waals surface area (Å²) in [5, 5.41) is 10.6. The molecule has 4 heteroatoms. The molecule has 3 rings (SSSR count). The number of aromatic hydroxyl groups is 1. The molecule has 3 nitrogen and oxygen atoms in total. The Bertz CT molecular complexity index is 721. The molecule has 2 aromatic carbocycles. The van der Waals surface area contributed by atoms with Crippen molar-refractivity contribution in [1.82, 2.24) is 4.98 Å². The first-order chi connectivity index (χ1) is 9.24. The molecule has 96 valence electrons. The first kappa shape index (κ1) is 11.6. The van der Waals surface area contributed by atoms with E-state index in [0.717, 1.165) is 11.1 Å². The molecule has 3 aromatic rings. The van der Waals surface area contributed by atoms with Gasteiger partial charge in [-0.2, -0.15) is 0 Å². The molecular formula is C15H12FNO2. The van der Waals surface area contributed by atoms with E-state index in [1.54, 1.807) is 30.3 Å². The highest BCUT2D eigenvalue weighted by atomic mass is 19.1. The van der Waals surface area contributed by atoms with Crippen LogP contribution in [-0.2, 0) is 6.61 Å².